The molecule has 0 aliphatic heterocycles. The van der Waals surface area contributed by atoms with Crippen molar-refractivity contribution in [3.63, 3.8) is 0 Å². The van der Waals surface area contributed by atoms with Crippen molar-refractivity contribution in [3.8, 4) is 0 Å². The Kier molecular flexibility index (Phi) is 6.54. The second kappa shape index (κ2) is 6.85. The quantitative estimate of drug-likeness (QED) is 0.607. The highest BCUT2D eigenvalue weighted by Crippen LogP contribution is 1.97. The van der Waals surface area contributed by atoms with Crippen molar-refractivity contribution in [2.24, 2.45) is 0 Å². The van der Waals surface area contributed by atoms with E-state index >= 15 is 0 Å². The molecule has 0 saturated carbocycles. The number of hydrogen-bond acceptors (Lipinski definition) is 5. The Balaban J connectivity index is 4.41. The Hall–Kier alpha value is -0.760. The topological polar surface area (TPSA) is 83.6 Å². The van der Waals surface area contributed by atoms with Crippen molar-refractivity contribution in [2.75, 3.05) is 31.4 Å². The third-order valence-electron chi connectivity index (χ3n) is 2.03. The smallest absolute Gasteiger partial charge is 0.245 e. The molecule has 100 valence electrons. The molecule has 17 heavy (non-hydrogen) atoms. The number of nitrogens with zero attached hydrogens (tertiary/aromatic N) is 1. The molecule has 1 unspecified atom stereocenters. The van der Waals surface area contributed by atoms with E-state index < -0.39 is 15.9 Å². The molecule has 0 aromatic heterocycles. The van der Waals surface area contributed by atoms with Crippen molar-refractivity contribution in [3.05, 3.63) is 0 Å². The summed E-state index contributed by atoms with van der Waals surface area (Å²) in [7, 11) is -1.62. The highest BCUT2D eigenvalue weighted by molar-refractivity contribution is 7.90. The standard InChI is InChI=1S/C9H18N2O4S2/c1-7(12)10-8(6-16)9(13)11(2)4-5-17(3,14)15/h8,16H,4-6H2,1-3H3,(H,10,12). The van der Waals surface area contributed by atoms with Gasteiger partial charge in [-0.2, -0.15) is 12.6 Å². The number of rotatable bonds is 6. The summed E-state index contributed by atoms with van der Waals surface area (Å²) in [6.07, 6.45) is 1.11. The van der Waals surface area contributed by atoms with Crippen LogP contribution in [0, 0.1) is 0 Å². The number of carbonyl (C=O) groups is 2. The van der Waals surface area contributed by atoms with Crippen LogP contribution in [0.4, 0.5) is 0 Å². The average Bonchev–Trinajstić information content (AvgIpc) is 2.20. The fourth-order valence-corrected chi connectivity index (χ4v) is 1.96. The third kappa shape index (κ3) is 7.22. The van der Waals surface area contributed by atoms with Crippen molar-refractivity contribution in [1.29, 1.82) is 0 Å². The molecule has 0 heterocycles. The van der Waals surface area contributed by atoms with Gasteiger partial charge in [-0.1, -0.05) is 0 Å². The highest BCUT2D eigenvalue weighted by atomic mass is 32.2. The molecule has 0 aliphatic carbocycles. The Morgan fingerprint density at radius 2 is 1.94 bits per heavy atom. The van der Waals surface area contributed by atoms with Crippen molar-refractivity contribution < 1.29 is 18.0 Å². The predicted molar refractivity (Wildman–Crippen MR) is 68.8 cm³/mol. The fraction of sp³-hybridized carbons (Fsp3) is 0.778. The first kappa shape index (κ1) is 16.2. The van der Waals surface area contributed by atoms with Crippen molar-refractivity contribution in [1.82, 2.24) is 10.2 Å². The monoisotopic (exact) mass is 282 g/mol. The van der Waals surface area contributed by atoms with E-state index in [1.54, 1.807) is 0 Å². The Bertz CT molecular complexity index is 380. The maximum atomic E-state index is 11.8. The molecular weight excluding hydrogens is 264 g/mol. The van der Waals surface area contributed by atoms with E-state index in [4.69, 9.17) is 0 Å². The molecule has 1 N–H and O–H groups in total. The number of hydrogen-bond donors (Lipinski definition) is 2. The fourth-order valence-electron chi connectivity index (χ4n) is 1.11. The van der Waals surface area contributed by atoms with Crippen LogP contribution in [0.15, 0.2) is 0 Å². The van der Waals surface area contributed by atoms with Gasteiger partial charge in [0, 0.05) is 32.5 Å². The summed E-state index contributed by atoms with van der Waals surface area (Å²) >= 11 is 3.97. The summed E-state index contributed by atoms with van der Waals surface area (Å²) in [5, 5.41) is 2.45. The van der Waals surface area contributed by atoms with E-state index in [1.807, 2.05) is 0 Å². The van der Waals surface area contributed by atoms with Gasteiger partial charge >= 0.3 is 0 Å². The van der Waals surface area contributed by atoms with Gasteiger partial charge in [-0.15, -0.1) is 0 Å². The maximum Gasteiger partial charge on any atom is 0.245 e. The lowest BCUT2D eigenvalue weighted by Gasteiger charge is -2.22. The zero-order valence-corrected chi connectivity index (χ0v) is 11.8. The zero-order valence-electron chi connectivity index (χ0n) is 10.1. The first-order valence-corrected chi connectivity index (χ1v) is 7.67. The summed E-state index contributed by atoms with van der Waals surface area (Å²) < 4.78 is 21.9. The summed E-state index contributed by atoms with van der Waals surface area (Å²) in [5.41, 5.74) is 0. The van der Waals surface area contributed by atoms with E-state index in [0.717, 1.165) is 6.26 Å². The van der Waals surface area contributed by atoms with Crippen LogP contribution in [0.2, 0.25) is 0 Å². The van der Waals surface area contributed by atoms with Gasteiger partial charge in [-0.05, 0) is 0 Å². The number of likely N-dealkylation sites (N-methyl/N-ethyl adjacent to an activating group) is 1. The maximum absolute atomic E-state index is 11.8. The van der Waals surface area contributed by atoms with Crippen LogP contribution in [0.3, 0.4) is 0 Å². The van der Waals surface area contributed by atoms with Crippen LogP contribution in [0.25, 0.3) is 0 Å². The van der Waals surface area contributed by atoms with Crippen LogP contribution < -0.4 is 5.32 Å². The lowest BCUT2D eigenvalue weighted by Crippen LogP contribution is -2.48. The molecule has 2 amide bonds. The molecule has 6 nitrogen and oxygen atoms in total. The highest BCUT2D eigenvalue weighted by Gasteiger charge is 2.21. The van der Waals surface area contributed by atoms with Gasteiger partial charge in [0.1, 0.15) is 15.9 Å². The van der Waals surface area contributed by atoms with Gasteiger partial charge < -0.3 is 10.2 Å². The Labute approximate surface area is 107 Å². The molecule has 0 spiro atoms. The summed E-state index contributed by atoms with van der Waals surface area (Å²) in [4.78, 5) is 23.9. The molecular formula is C9H18N2O4S2. The molecule has 8 heteroatoms. The molecule has 0 aromatic carbocycles. The zero-order chi connectivity index (χ0) is 13.6. The number of carbonyl (C=O) groups excluding carboxylic acids is 2. The second-order valence-electron chi connectivity index (χ2n) is 3.83. The van der Waals surface area contributed by atoms with Crippen molar-refractivity contribution >= 4 is 34.3 Å². The van der Waals surface area contributed by atoms with E-state index in [1.165, 1.54) is 18.9 Å². The Morgan fingerprint density at radius 1 is 1.41 bits per heavy atom. The molecule has 0 aliphatic rings. The molecule has 0 aromatic rings. The normalized spacial score (nSPS) is 12.9. The minimum atomic E-state index is -3.11. The average molecular weight is 282 g/mol. The van der Waals surface area contributed by atoms with Crippen LogP contribution >= 0.6 is 12.6 Å². The van der Waals surface area contributed by atoms with Crippen LogP contribution in [-0.4, -0.2) is 62.5 Å². The van der Waals surface area contributed by atoms with E-state index in [-0.39, 0.29) is 29.9 Å². The van der Waals surface area contributed by atoms with E-state index in [0.29, 0.717) is 0 Å². The van der Waals surface area contributed by atoms with Crippen LogP contribution in [-0.2, 0) is 19.4 Å². The second-order valence-corrected chi connectivity index (χ2v) is 6.45. The summed E-state index contributed by atoms with van der Waals surface area (Å²) in [5.74, 6) is -0.608. The molecule has 0 rings (SSSR count). The van der Waals surface area contributed by atoms with Crippen LogP contribution in [0.1, 0.15) is 6.92 Å². The van der Waals surface area contributed by atoms with Gasteiger partial charge in [-0.3, -0.25) is 9.59 Å². The van der Waals surface area contributed by atoms with E-state index in [2.05, 4.69) is 17.9 Å². The summed E-state index contributed by atoms with van der Waals surface area (Å²) in [6.45, 7) is 1.40. The number of sulfone groups is 1. The van der Waals surface area contributed by atoms with Crippen LogP contribution in [0.5, 0.6) is 0 Å². The minimum Gasteiger partial charge on any atom is -0.344 e. The van der Waals surface area contributed by atoms with Gasteiger partial charge in [0.05, 0.1) is 5.75 Å². The lowest BCUT2D eigenvalue weighted by atomic mass is 10.3. The number of amides is 2. The third-order valence-corrected chi connectivity index (χ3v) is 3.32. The molecule has 1 atom stereocenters. The number of thiol groups is 1. The van der Waals surface area contributed by atoms with Crippen molar-refractivity contribution in [2.45, 2.75) is 13.0 Å². The minimum absolute atomic E-state index is 0.0987. The summed E-state index contributed by atoms with van der Waals surface area (Å²) in [6, 6.07) is -0.722. The van der Waals surface area contributed by atoms with Gasteiger partial charge in [0.25, 0.3) is 0 Å². The molecule has 0 fully saturated rings. The molecule has 0 radical (unpaired) electrons. The van der Waals surface area contributed by atoms with Gasteiger partial charge in [-0.25, -0.2) is 8.42 Å². The SMILES string of the molecule is CC(=O)NC(CS)C(=O)N(C)CCS(C)(=O)=O. The Morgan fingerprint density at radius 3 is 2.29 bits per heavy atom. The van der Waals surface area contributed by atoms with Gasteiger partial charge in [0.15, 0.2) is 0 Å². The predicted octanol–water partition coefficient (Wildman–Crippen LogP) is -1.08. The molecule has 0 bridgehead atoms. The largest absolute Gasteiger partial charge is 0.344 e. The first-order valence-electron chi connectivity index (χ1n) is 4.98. The first-order chi connectivity index (χ1) is 7.67. The number of nitrogens with one attached hydrogen (secondary N) is 1. The molecule has 0 saturated heterocycles. The van der Waals surface area contributed by atoms with Gasteiger partial charge in [0.2, 0.25) is 11.8 Å². The lowest BCUT2D eigenvalue weighted by molar-refractivity contribution is -0.134. The van der Waals surface area contributed by atoms with E-state index in [9.17, 15) is 18.0 Å².